The maximum Gasteiger partial charge on any atom is 0.252 e. The van der Waals surface area contributed by atoms with Crippen LogP contribution in [0.15, 0.2) is 54.6 Å². The average Bonchev–Trinajstić information content (AvgIpc) is 3.12. The summed E-state index contributed by atoms with van der Waals surface area (Å²) in [4.78, 5) is 21.7. The van der Waals surface area contributed by atoms with Gasteiger partial charge in [-0.3, -0.25) is 9.69 Å². The minimum atomic E-state index is -0.0302. The van der Waals surface area contributed by atoms with Crippen LogP contribution in [0.2, 0.25) is 0 Å². The fourth-order valence-electron chi connectivity index (χ4n) is 2.96. The van der Waals surface area contributed by atoms with E-state index in [4.69, 9.17) is 4.98 Å². The van der Waals surface area contributed by atoms with Gasteiger partial charge in [-0.15, -0.1) is 0 Å². The lowest BCUT2D eigenvalue weighted by Crippen LogP contribution is -2.32. The van der Waals surface area contributed by atoms with Crippen molar-refractivity contribution in [3.05, 3.63) is 65.7 Å². The largest absolute Gasteiger partial charge is 0.309 e. The maximum atomic E-state index is 13.0. The van der Waals surface area contributed by atoms with E-state index in [0.717, 1.165) is 40.3 Å². The van der Waals surface area contributed by atoms with Crippen molar-refractivity contribution in [2.75, 3.05) is 32.1 Å². The highest BCUT2D eigenvalue weighted by atomic mass is 32.1. The molecule has 0 saturated carbocycles. The van der Waals surface area contributed by atoms with E-state index in [2.05, 4.69) is 30.0 Å². The molecular formula is C23H27N3OS. The van der Waals surface area contributed by atoms with Gasteiger partial charge in [-0.1, -0.05) is 54.7 Å². The molecule has 0 aliphatic rings. The van der Waals surface area contributed by atoms with Gasteiger partial charge in [-0.05, 0) is 62.8 Å². The van der Waals surface area contributed by atoms with Crippen LogP contribution >= 0.6 is 11.3 Å². The fourth-order valence-corrected chi connectivity index (χ4v) is 4.02. The molecule has 1 heterocycles. The molecule has 0 saturated heterocycles. The number of aryl methyl sites for hydroxylation is 1. The molecule has 1 aromatic heterocycles. The Balaban J connectivity index is 1.85. The van der Waals surface area contributed by atoms with Crippen LogP contribution in [0.5, 0.6) is 0 Å². The highest BCUT2D eigenvalue weighted by Crippen LogP contribution is 2.30. The summed E-state index contributed by atoms with van der Waals surface area (Å²) in [5.74, 6) is -0.0302. The molecule has 0 fully saturated rings. The molecule has 2 aromatic carbocycles. The normalized spacial score (nSPS) is 11.6. The van der Waals surface area contributed by atoms with Gasteiger partial charge in [-0.2, -0.15) is 0 Å². The molecule has 28 heavy (non-hydrogen) atoms. The van der Waals surface area contributed by atoms with E-state index >= 15 is 0 Å². The molecular weight excluding hydrogens is 366 g/mol. The molecule has 5 heteroatoms. The number of anilines is 1. The van der Waals surface area contributed by atoms with Crippen LogP contribution in [0.25, 0.3) is 16.3 Å². The SMILES string of the molecule is CCc1ccc2nc(N(CCCN(C)C)C(=O)C=Cc3ccccc3)sc2c1. The quantitative estimate of drug-likeness (QED) is 0.513. The molecule has 146 valence electrons. The van der Waals surface area contributed by atoms with Crippen molar-refractivity contribution in [1.82, 2.24) is 9.88 Å². The smallest absolute Gasteiger partial charge is 0.252 e. The van der Waals surface area contributed by atoms with Crippen LogP contribution in [0.3, 0.4) is 0 Å². The number of nitrogens with zero attached hydrogens (tertiary/aromatic N) is 3. The third-order valence-corrected chi connectivity index (χ3v) is 5.59. The average molecular weight is 394 g/mol. The van der Waals surface area contributed by atoms with Crippen molar-refractivity contribution in [3.63, 3.8) is 0 Å². The monoisotopic (exact) mass is 393 g/mol. The number of carbonyl (C=O) groups excluding carboxylic acids is 1. The van der Waals surface area contributed by atoms with Crippen LogP contribution < -0.4 is 4.90 Å². The molecule has 0 aliphatic heterocycles. The maximum absolute atomic E-state index is 13.0. The third kappa shape index (κ3) is 5.27. The molecule has 4 nitrogen and oxygen atoms in total. The fraction of sp³-hybridized carbons (Fsp3) is 0.304. The zero-order chi connectivity index (χ0) is 19.9. The lowest BCUT2D eigenvalue weighted by Gasteiger charge is -2.19. The van der Waals surface area contributed by atoms with Gasteiger partial charge < -0.3 is 4.90 Å². The molecule has 1 amide bonds. The van der Waals surface area contributed by atoms with Gasteiger partial charge in [-0.25, -0.2) is 4.98 Å². The van der Waals surface area contributed by atoms with Gasteiger partial charge in [0.1, 0.15) is 0 Å². The molecule has 0 N–H and O–H groups in total. The predicted octanol–water partition coefficient (Wildman–Crippen LogP) is 4.86. The Bertz CT molecular complexity index is 947. The number of hydrogen-bond acceptors (Lipinski definition) is 4. The summed E-state index contributed by atoms with van der Waals surface area (Å²) < 4.78 is 1.13. The Morgan fingerprint density at radius 1 is 1.11 bits per heavy atom. The number of rotatable bonds is 8. The topological polar surface area (TPSA) is 36.4 Å². The minimum Gasteiger partial charge on any atom is -0.309 e. The number of fused-ring (bicyclic) bond motifs is 1. The molecule has 0 bridgehead atoms. The van der Waals surface area contributed by atoms with E-state index in [9.17, 15) is 4.79 Å². The van der Waals surface area contributed by atoms with E-state index in [1.54, 1.807) is 22.3 Å². The summed E-state index contributed by atoms with van der Waals surface area (Å²) in [6, 6.07) is 16.2. The minimum absolute atomic E-state index is 0.0302. The Morgan fingerprint density at radius 3 is 2.61 bits per heavy atom. The van der Waals surface area contributed by atoms with Gasteiger partial charge in [0, 0.05) is 12.6 Å². The third-order valence-electron chi connectivity index (χ3n) is 4.55. The van der Waals surface area contributed by atoms with Gasteiger partial charge in [0.25, 0.3) is 5.91 Å². The lowest BCUT2D eigenvalue weighted by atomic mass is 10.2. The highest BCUT2D eigenvalue weighted by Gasteiger charge is 2.18. The summed E-state index contributed by atoms with van der Waals surface area (Å²) in [6.45, 7) is 3.72. The highest BCUT2D eigenvalue weighted by molar-refractivity contribution is 7.22. The van der Waals surface area contributed by atoms with E-state index < -0.39 is 0 Å². The molecule has 0 radical (unpaired) electrons. The first-order valence-corrected chi connectivity index (χ1v) is 10.5. The number of benzene rings is 2. The number of carbonyl (C=O) groups is 1. The number of thiazole rings is 1. The van der Waals surface area contributed by atoms with Crippen molar-refractivity contribution in [2.45, 2.75) is 19.8 Å². The zero-order valence-corrected chi connectivity index (χ0v) is 17.6. The van der Waals surface area contributed by atoms with Crippen LogP contribution in [0, 0.1) is 0 Å². The van der Waals surface area contributed by atoms with Crippen LogP contribution in [0.4, 0.5) is 5.13 Å². The van der Waals surface area contributed by atoms with Crippen molar-refractivity contribution >= 4 is 38.7 Å². The van der Waals surface area contributed by atoms with Crippen LogP contribution in [-0.4, -0.2) is 43.0 Å². The second-order valence-corrected chi connectivity index (χ2v) is 8.05. The molecule has 0 spiro atoms. The van der Waals surface area contributed by atoms with Crippen molar-refractivity contribution in [1.29, 1.82) is 0 Å². The second kappa shape index (κ2) is 9.62. The van der Waals surface area contributed by atoms with E-state index in [1.165, 1.54) is 5.56 Å². The number of hydrogen-bond donors (Lipinski definition) is 0. The first-order chi connectivity index (χ1) is 13.6. The van der Waals surface area contributed by atoms with E-state index in [1.807, 2.05) is 50.5 Å². The second-order valence-electron chi connectivity index (χ2n) is 7.04. The Morgan fingerprint density at radius 2 is 1.89 bits per heavy atom. The number of aromatic nitrogens is 1. The zero-order valence-electron chi connectivity index (χ0n) is 16.8. The summed E-state index contributed by atoms with van der Waals surface area (Å²) >= 11 is 1.59. The Hall–Kier alpha value is -2.50. The Labute approximate surface area is 171 Å². The van der Waals surface area contributed by atoms with Crippen LogP contribution in [-0.2, 0) is 11.2 Å². The molecule has 0 unspecified atom stereocenters. The lowest BCUT2D eigenvalue weighted by molar-refractivity contribution is -0.114. The van der Waals surface area contributed by atoms with Crippen molar-refractivity contribution < 1.29 is 4.79 Å². The Kier molecular flexibility index (Phi) is 6.95. The van der Waals surface area contributed by atoms with Crippen LogP contribution in [0.1, 0.15) is 24.5 Å². The first-order valence-electron chi connectivity index (χ1n) is 9.65. The first kappa shape index (κ1) is 20.2. The van der Waals surface area contributed by atoms with Gasteiger partial charge in [0.05, 0.1) is 10.2 Å². The van der Waals surface area contributed by atoms with Crippen molar-refractivity contribution in [3.8, 4) is 0 Å². The van der Waals surface area contributed by atoms with Gasteiger partial charge >= 0.3 is 0 Å². The van der Waals surface area contributed by atoms with E-state index in [0.29, 0.717) is 6.54 Å². The summed E-state index contributed by atoms with van der Waals surface area (Å²) in [6.07, 6.45) is 5.40. The van der Waals surface area contributed by atoms with Gasteiger partial charge in [0.15, 0.2) is 5.13 Å². The summed E-state index contributed by atoms with van der Waals surface area (Å²) in [7, 11) is 4.09. The number of amides is 1. The van der Waals surface area contributed by atoms with Crippen molar-refractivity contribution in [2.24, 2.45) is 0 Å². The summed E-state index contributed by atoms with van der Waals surface area (Å²) in [5, 5.41) is 0.768. The molecule has 3 rings (SSSR count). The standard InChI is InChI=1S/C23H27N3OS/c1-4-18-11-13-20-21(17-18)28-23(24-20)26(16-8-15-25(2)3)22(27)14-12-19-9-6-5-7-10-19/h5-7,9-14,17H,4,8,15-16H2,1-3H3. The summed E-state index contributed by atoms with van der Waals surface area (Å²) in [5.41, 5.74) is 3.26. The predicted molar refractivity (Wildman–Crippen MR) is 120 cm³/mol. The molecule has 0 aliphatic carbocycles. The molecule has 3 aromatic rings. The van der Waals surface area contributed by atoms with Gasteiger partial charge in [0.2, 0.25) is 0 Å². The van der Waals surface area contributed by atoms with E-state index in [-0.39, 0.29) is 5.91 Å². The molecule has 0 atom stereocenters.